The lowest BCUT2D eigenvalue weighted by molar-refractivity contribution is 0.0941. The molecule has 0 spiro atoms. The number of carbonyl (C=O) groups is 1. The molecule has 0 saturated carbocycles. The summed E-state index contributed by atoms with van der Waals surface area (Å²) in [5.74, 6) is -0.158. The van der Waals surface area contributed by atoms with Gasteiger partial charge in [0.25, 0.3) is 5.91 Å². The second-order valence-electron chi connectivity index (χ2n) is 7.08. The highest BCUT2D eigenvalue weighted by molar-refractivity contribution is 6.07. The third kappa shape index (κ3) is 3.82. The first kappa shape index (κ1) is 18.7. The van der Waals surface area contributed by atoms with E-state index >= 15 is 0 Å². The maximum atomic E-state index is 13.2. The van der Waals surface area contributed by atoms with Crippen molar-refractivity contribution in [1.29, 1.82) is 0 Å². The molecule has 0 aliphatic heterocycles. The molecule has 6 heteroatoms. The average molecular weight is 383 g/mol. The van der Waals surface area contributed by atoms with E-state index in [1.807, 2.05) is 51.1 Å². The lowest BCUT2D eigenvalue weighted by atomic mass is 10.0. The van der Waals surface area contributed by atoms with Gasteiger partial charge in [-0.1, -0.05) is 24.3 Å². The molecule has 4 aromatic rings. The van der Waals surface area contributed by atoms with Gasteiger partial charge in [-0.05, 0) is 44.0 Å². The fraction of sp³-hybridized carbons (Fsp3) is 0.174. The van der Waals surface area contributed by atoms with Crippen LogP contribution < -0.4 is 5.32 Å². The number of fused-ring (bicyclic) bond motifs is 1. The molecule has 0 fully saturated rings. The van der Waals surface area contributed by atoms with Crippen molar-refractivity contribution in [2.24, 2.45) is 0 Å². The molecule has 1 amide bonds. The molecule has 3 heterocycles. The van der Waals surface area contributed by atoms with Gasteiger partial charge >= 0.3 is 0 Å². The summed E-state index contributed by atoms with van der Waals surface area (Å²) < 4.78 is 0. The number of aromatic nitrogens is 4. The number of carbonyl (C=O) groups excluding carboxylic acids is 1. The highest BCUT2D eigenvalue weighted by atomic mass is 16.1. The molecule has 6 nitrogen and oxygen atoms in total. The smallest absolute Gasteiger partial charge is 0.252 e. The molecule has 0 aliphatic carbocycles. The van der Waals surface area contributed by atoms with Crippen molar-refractivity contribution in [3.63, 3.8) is 0 Å². The number of nitrogens with zero attached hydrogens (tertiary/aromatic N) is 4. The summed E-state index contributed by atoms with van der Waals surface area (Å²) in [5.41, 5.74) is 5.71. The average Bonchev–Trinajstić information content (AvgIpc) is 2.74. The van der Waals surface area contributed by atoms with Crippen LogP contribution in [0.15, 0.2) is 61.3 Å². The number of hydrogen-bond acceptors (Lipinski definition) is 5. The van der Waals surface area contributed by atoms with Crippen LogP contribution in [0.3, 0.4) is 0 Å². The van der Waals surface area contributed by atoms with Gasteiger partial charge in [0.15, 0.2) is 0 Å². The number of para-hydroxylation sites is 1. The van der Waals surface area contributed by atoms with Crippen LogP contribution in [0.4, 0.5) is 0 Å². The van der Waals surface area contributed by atoms with E-state index in [4.69, 9.17) is 4.98 Å². The van der Waals surface area contributed by atoms with Crippen LogP contribution in [-0.2, 0) is 0 Å². The molecule has 0 aliphatic rings. The van der Waals surface area contributed by atoms with E-state index in [1.54, 1.807) is 24.7 Å². The van der Waals surface area contributed by atoms with Gasteiger partial charge in [0.2, 0.25) is 0 Å². The van der Waals surface area contributed by atoms with Crippen LogP contribution >= 0.6 is 0 Å². The predicted octanol–water partition coefficient (Wildman–Crippen LogP) is 4.19. The first-order chi connectivity index (χ1) is 14.0. The molecule has 29 heavy (non-hydrogen) atoms. The van der Waals surface area contributed by atoms with Crippen molar-refractivity contribution in [3.8, 4) is 11.3 Å². The molecule has 1 unspecified atom stereocenters. The Bertz CT molecular complexity index is 1170. The Balaban J connectivity index is 1.76. The minimum absolute atomic E-state index is 0.158. The Morgan fingerprint density at radius 3 is 2.55 bits per heavy atom. The van der Waals surface area contributed by atoms with Crippen molar-refractivity contribution >= 4 is 16.8 Å². The summed E-state index contributed by atoms with van der Waals surface area (Å²) in [6, 6.07) is 11.4. The largest absolute Gasteiger partial charge is 0.345 e. The van der Waals surface area contributed by atoms with Gasteiger partial charge < -0.3 is 5.32 Å². The highest BCUT2D eigenvalue weighted by Crippen LogP contribution is 2.26. The zero-order valence-electron chi connectivity index (χ0n) is 16.5. The van der Waals surface area contributed by atoms with Crippen molar-refractivity contribution in [1.82, 2.24) is 25.3 Å². The summed E-state index contributed by atoms with van der Waals surface area (Å²) in [4.78, 5) is 30.4. The second kappa shape index (κ2) is 7.75. The van der Waals surface area contributed by atoms with Gasteiger partial charge in [-0.25, -0.2) is 15.0 Å². The summed E-state index contributed by atoms with van der Waals surface area (Å²) in [5, 5.41) is 3.90. The van der Waals surface area contributed by atoms with Crippen molar-refractivity contribution in [2.75, 3.05) is 0 Å². The van der Waals surface area contributed by atoms with E-state index in [2.05, 4.69) is 20.3 Å². The van der Waals surface area contributed by atoms with Crippen LogP contribution in [0.25, 0.3) is 22.2 Å². The Kier molecular flexibility index (Phi) is 4.99. The summed E-state index contributed by atoms with van der Waals surface area (Å²) >= 11 is 0. The van der Waals surface area contributed by atoms with Crippen LogP contribution in [-0.4, -0.2) is 25.8 Å². The minimum atomic E-state index is -0.174. The molecular weight excluding hydrogens is 362 g/mol. The quantitative estimate of drug-likeness (QED) is 0.571. The zero-order chi connectivity index (χ0) is 20.4. The number of rotatable bonds is 4. The van der Waals surface area contributed by atoms with Gasteiger partial charge in [-0.2, -0.15) is 0 Å². The molecular formula is C23H21N5O. The van der Waals surface area contributed by atoms with E-state index < -0.39 is 0 Å². The molecule has 1 N–H and O–H groups in total. The van der Waals surface area contributed by atoms with Crippen LogP contribution in [0, 0.1) is 13.8 Å². The normalized spacial score (nSPS) is 12.0. The number of amides is 1. The molecule has 1 atom stereocenters. The summed E-state index contributed by atoms with van der Waals surface area (Å²) in [7, 11) is 0. The van der Waals surface area contributed by atoms with E-state index in [0.29, 0.717) is 11.3 Å². The molecule has 0 saturated heterocycles. The fourth-order valence-electron chi connectivity index (χ4n) is 3.25. The van der Waals surface area contributed by atoms with Crippen LogP contribution in [0.5, 0.6) is 0 Å². The zero-order valence-corrected chi connectivity index (χ0v) is 16.5. The highest BCUT2D eigenvalue weighted by Gasteiger charge is 2.17. The molecule has 4 rings (SSSR count). The van der Waals surface area contributed by atoms with E-state index in [9.17, 15) is 4.79 Å². The SMILES string of the molecule is Cc1ccc(C(C)NC(=O)c2cc(-c3cncnc3)nc3c(C)cccc23)cn1. The number of hydrogen-bond donors (Lipinski definition) is 1. The van der Waals surface area contributed by atoms with E-state index in [1.165, 1.54) is 6.33 Å². The van der Waals surface area contributed by atoms with Crippen molar-refractivity contribution in [2.45, 2.75) is 26.8 Å². The third-order valence-corrected chi connectivity index (χ3v) is 4.92. The summed E-state index contributed by atoms with van der Waals surface area (Å²) in [6.45, 7) is 5.88. The summed E-state index contributed by atoms with van der Waals surface area (Å²) in [6.07, 6.45) is 6.66. The molecule has 1 aromatic carbocycles. The molecule has 144 valence electrons. The van der Waals surface area contributed by atoms with Gasteiger partial charge in [0.1, 0.15) is 6.33 Å². The molecule has 3 aromatic heterocycles. The fourth-order valence-corrected chi connectivity index (χ4v) is 3.25. The topological polar surface area (TPSA) is 80.7 Å². The Hall–Kier alpha value is -3.67. The predicted molar refractivity (Wildman–Crippen MR) is 112 cm³/mol. The number of aryl methyl sites for hydroxylation is 2. The van der Waals surface area contributed by atoms with Gasteiger partial charge in [-0.15, -0.1) is 0 Å². The lowest BCUT2D eigenvalue weighted by Gasteiger charge is -2.16. The first-order valence-corrected chi connectivity index (χ1v) is 9.42. The molecule has 0 bridgehead atoms. The van der Waals surface area contributed by atoms with Gasteiger partial charge in [0, 0.05) is 35.2 Å². The third-order valence-electron chi connectivity index (χ3n) is 4.92. The Morgan fingerprint density at radius 2 is 1.83 bits per heavy atom. The second-order valence-corrected chi connectivity index (χ2v) is 7.08. The van der Waals surface area contributed by atoms with Crippen LogP contribution in [0.1, 0.15) is 40.1 Å². The number of pyridine rings is 2. The minimum Gasteiger partial charge on any atom is -0.345 e. The standard InChI is InChI=1S/C23H21N5O/c1-14-5-4-6-19-20(9-21(28-22(14)19)18-10-24-13-25-11-18)23(29)27-16(3)17-8-7-15(2)26-12-17/h4-13,16H,1-3H3,(H,27,29). The van der Waals surface area contributed by atoms with Gasteiger partial charge in [-0.3, -0.25) is 9.78 Å². The monoisotopic (exact) mass is 383 g/mol. The van der Waals surface area contributed by atoms with E-state index in [-0.39, 0.29) is 11.9 Å². The van der Waals surface area contributed by atoms with Gasteiger partial charge in [0.05, 0.1) is 22.8 Å². The Labute approximate surface area is 169 Å². The molecule has 0 radical (unpaired) electrons. The Morgan fingerprint density at radius 1 is 1.03 bits per heavy atom. The maximum Gasteiger partial charge on any atom is 0.252 e. The number of nitrogens with one attached hydrogen (secondary N) is 1. The maximum absolute atomic E-state index is 13.2. The first-order valence-electron chi connectivity index (χ1n) is 9.42. The number of benzene rings is 1. The lowest BCUT2D eigenvalue weighted by Crippen LogP contribution is -2.27. The van der Waals surface area contributed by atoms with Crippen molar-refractivity contribution in [3.05, 3.63) is 83.7 Å². The van der Waals surface area contributed by atoms with E-state index in [0.717, 1.165) is 33.3 Å². The van der Waals surface area contributed by atoms with Crippen LogP contribution in [0.2, 0.25) is 0 Å². The van der Waals surface area contributed by atoms with Crippen molar-refractivity contribution < 1.29 is 4.79 Å².